The SMILES string of the molecule is CCCCNC(=O)C(C)C1CNC1. The van der Waals surface area contributed by atoms with Gasteiger partial charge >= 0.3 is 0 Å². The topological polar surface area (TPSA) is 41.1 Å². The number of amides is 1. The lowest BCUT2D eigenvalue weighted by molar-refractivity contribution is -0.126. The van der Waals surface area contributed by atoms with Crippen molar-refractivity contribution in [2.75, 3.05) is 19.6 Å². The van der Waals surface area contributed by atoms with Gasteiger partial charge in [-0.05, 0) is 25.4 Å². The third-order valence-electron chi connectivity index (χ3n) is 2.76. The van der Waals surface area contributed by atoms with Crippen LogP contribution in [0.15, 0.2) is 0 Å². The molecular weight excluding hydrogens is 164 g/mol. The van der Waals surface area contributed by atoms with Crippen molar-refractivity contribution in [3.63, 3.8) is 0 Å². The van der Waals surface area contributed by atoms with Crippen molar-refractivity contribution in [3.8, 4) is 0 Å². The molecule has 0 saturated carbocycles. The van der Waals surface area contributed by atoms with E-state index in [-0.39, 0.29) is 11.8 Å². The summed E-state index contributed by atoms with van der Waals surface area (Å²) in [6.07, 6.45) is 2.22. The lowest BCUT2D eigenvalue weighted by atomic mass is 9.88. The van der Waals surface area contributed by atoms with Crippen molar-refractivity contribution in [2.45, 2.75) is 26.7 Å². The van der Waals surface area contributed by atoms with Gasteiger partial charge in [-0.1, -0.05) is 20.3 Å². The molecule has 1 rings (SSSR count). The second-order valence-corrected chi connectivity index (χ2v) is 3.85. The van der Waals surface area contributed by atoms with Gasteiger partial charge in [0.05, 0.1) is 0 Å². The Balaban J connectivity index is 2.13. The molecule has 0 aliphatic carbocycles. The number of unbranched alkanes of at least 4 members (excludes halogenated alkanes) is 1. The molecule has 1 aliphatic heterocycles. The van der Waals surface area contributed by atoms with Gasteiger partial charge in [0.15, 0.2) is 0 Å². The zero-order chi connectivity index (χ0) is 9.68. The lowest BCUT2D eigenvalue weighted by Gasteiger charge is -2.31. The molecule has 1 unspecified atom stereocenters. The minimum absolute atomic E-state index is 0.179. The zero-order valence-electron chi connectivity index (χ0n) is 8.60. The standard InChI is InChI=1S/C10H20N2O/c1-3-4-5-12-10(13)8(2)9-6-11-7-9/h8-9,11H,3-7H2,1-2H3,(H,12,13). The molecule has 0 aromatic heterocycles. The number of nitrogens with one attached hydrogen (secondary N) is 2. The maximum Gasteiger partial charge on any atom is 0.223 e. The van der Waals surface area contributed by atoms with Crippen LogP contribution in [0.1, 0.15) is 26.7 Å². The molecule has 76 valence electrons. The van der Waals surface area contributed by atoms with E-state index in [1.54, 1.807) is 0 Å². The van der Waals surface area contributed by atoms with Gasteiger partial charge in [0, 0.05) is 12.5 Å². The summed E-state index contributed by atoms with van der Waals surface area (Å²) >= 11 is 0. The van der Waals surface area contributed by atoms with Crippen molar-refractivity contribution in [1.82, 2.24) is 10.6 Å². The molecule has 2 N–H and O–H groups in total. The summed E-state index contributed by atoms with van der Waals surface area (Å²) in [5, 5.41) is 6.15. The second-order valence-electron chi connectivity index (χ2n) is 3.85. The van der Waals surface area contributed by atoms with Crippen LogP contribution in [0.5, 0.6) is 0 Å². The third kappa shape index (κ3) is 2.99. The van der Waals surface area contributed by atoms with Crippen LogP contribution in [0.2, 0.25) is 0 Å². The van der Waals surface area contributed by atoms with E-state index in [4.69, 9.17) is 0 Å². The molecule has 3 heteroatoms. The smallest absolute Gasteiger partial charge is 0.223 e. The van der Waals surface area contributed by atoms with Crippen LogP contribution >= 0.6 is 0 Å². The lowest BCUT2D eigenvalue weighted by Crippen LogP contribution is -2.49. The second kappa shape index (κ2) is 5.22. The van der Waals surface area contributed by atoms with Gasteiger partial charge in [0.25, 0.3) is 0 Å². The summed E-state index contributed by atoms with van der Waals surface area (Å²) in [6, 6.07) is 0. The molecule has 1 heterocycles. The predicted molar refractivity (Wildman–Crippen MR) is 53.4 cm³/mol. The molecule has 0 bridgehead atoms. The Kier molecular flexibility index (Phi) is 4.22. The Bertz CT molecular complexity index is 166. The van der Waals surface area contributed by atoms with E-state index in [1.165, 1.54) is 0 Å². The van der Waals surface area contributed by atoms with Crippen molar-refractivity contribution >= 4 is 5.91 Å². The Morgan fingerprint density at radius 3 is 2.77 bits per heavy atom. The fourth-order valence-electron chi connectivity index (χ4n) is 1.43. The summed E-state index contributed by atoms with van der Waals surface area (Å²) in [5.41, 5.74) is 0. The molecule has 0 radical (unpaired) electrons. The summed E-state index contributed by atoms with van der Waals surface area (Å²) in [7, 11) is 0. The van der Waals surface area contributed by atoms with Crippen molar-refractivity contribution < 1.29 is 4.79 Å². The molecular formula is C10H20N2O. The van der Waals surface area contributed by atoms with Gasteiger partial charge in [0.2, 0.25) is 5.91 Å². The first-order chi connectivity index (χ1) is 6.25. The first-order valence-corrected chi connectivity index (χ1v) is 5.24. The minimum atomic E-state index is 0.179. The van der Waals surface area contributed by atoms with E-state index < -0.39 is 0 Å². The van der Waals surface area contributed by atoms with Crippen LogP contribution < -0.4 is 10.6 Å². The van der Waals surface area contributed by atoms with Crippen LogP contribution in [-0.2, 0) is 4.79 Å². The minimum Gasteiger partial charge on any atom is -0.356 e. The van der Waals surface area contributed by atoms with E-state index in [0.29, 0.717) is 5.92 Å². The normalized spacial score (nSPS) is 19.2. The highest BCUT2D eigenvalue weighted by atomic mass is 16.1. The molecule has 0 aromatic rings. The van der Waals surface area contributed by atoms with Crippen LogP contribution in [0.25, 0.3) is 0 Å². The molecule has 1 atom stereocenters. The Morgan fingerprint density at radius 2 is 2.31 bits per heavy atom. The molecule has 0 aromatic carbocycles. The molecule has 13 heavy (non-hydrogen) atoms. The van der Waals surface area contributed by atoms with Gasteiger partial charge in [0.1, 0.15) is 0 Å². The fraction of sp³-hybridized carbons (Fsp3) is 0.900. The molecule has 1 saturated heterocycles. The van der Waals surface area contributed by atoms with Crippen molar-refractivity contribution in [1.29, 1.82) is 0 Å². The van der Waals surface area contributed by atoms with E-state index in [1.807, 2.05) is 6.92 Å². The van der Waals surface area contributed by atoms with E-state index in [2.05, 4.69) is 17.6 Å². The summed E-state index contributed by atoms with van der Waals surface area (Å²) in [4.78, 5) is 11.5. The highest BCUT2D eigenvalue weighted by Crippen LogP contribution is 2.15. The van der Waals surface area contributed by atoms with Gasteiger partial charge in [-0.25, -0.2) is 0 Å². The quantitative estimate of drug-likeness (QED) is 0.619. The number of carbonyl (C=O) groups is 1. The highest BCUT2D eigenvalue weighted by molar-refractivity contribution is 5.78. The molecule has 1 aliphatic rings. The van der Waals surface area contributed by atoms with Gasteiger partial charge in [-0.2, -0.15) is 0 Å². The monoisotopic (exact) mass is 184 g/mol. The number of hydrogen-bond acceptors (Lipinski definition) is 2. The van der Waals surface area contributed by atoms with E-state index in [9.17, 15) is 4.79 Å². The molecule has 3 nitrogen and oxygen atoms in total. The summed E-state index contributed by atoms with van der Waals surface area (Å²) < 4.78 is 0. The Hall–Kier alpha value is -0.570. The predicted octanol–water partition coefficient (Wildman–Crippen LogP) is 0.758. The Morgan fingerprint density at radius 1 is 1.62 bits per heavy atom. The molecule has 0 spiro atoms. The Labute approximate surface area is 80.3 Å². The summed E-state index contributed by atoms with van der Waals surface area (Å²) in [5.74, 6) is 0.958. The summed E-state index contributed by atoms with van der Waals surface area (Å²) in [6.45, 7) is 6.99. The van der Waals surface area contributed by atoms with Crippen LogP contribution in [0, 0.1) is 11.8 Å². The van der Waals surface area contributed by atoms with Crippen molar-refractivity contribution in [3.05, 3.63) is 0 Å². The molecule has 1 fully saturated rings. The van der Waals surface area contributed by atoms with E-state index in [0.717, 1.165) is 32.5 Å². The van der Waals surface area contributed by atoms with Crippen LogP contribution in [0.4, 0.5) is 0 Å². The average Bonchev–Trinajstić information content (AvgIpc) is 2.01. The zero-order valence-corrected chi connectivity index (χ0v) is 8.60. The van der Waals surface area contributed by atoms with E-state index >= 15 is 0 Å². The number of hydrogen-bond donors (Lipinski definition) is 2. The molecule has 1 amide bonds. The first kappa shape index (κ1) is 10.5. The highest BCUT2D eigenvalue weighted by Gasteiger charge is 2.28. The van der Waals surface area contributed by atoms with Gasteiger partial charge in [-0.3, -0.25) is 4.79 Å². The maximum atomic E-state index is 11.5. The first-order valence-electron chi connectivity index (χ1n) is 5.24. The average molecular weight is 184 g/mol. The van der Waals surface area contributed by atoms with Crippen LogP contribution in [0.3, 0.4) is 0 Å². The van der Waals surface area contributed by atoms with Crippen molar-refractivity contribution in [2.24, 2.45) is 11.8 Å². The largest absolute Gasteiger partial charge is 0.356 e. The number of rotatable bonds is 5. The van der Waals surface area contributed by atoms with Gasteiger partial charge < -0.3 is 10.6 Å². The fourth-order valence-corrected chi connectivity index (χ4v) is 1.43. The maximum absolute atomic E-state index is 11.5. The van der Waals surface area contributed by atoms with Crippen LogP contribution in [-0.4, -0.2) is 25.5 Å². The third-order valence-corrected chi connectivity index (χ3v) is 2.76. The van der Waals surface area contributed by atoms with Gasteiger partial charge in [-0.15, -0.1) is 0 Å². The number of carbonyl (C=O) groups excluding carboxylic acids is 1.